The summed E-state index contributed by atoms with van der Waals surface area (Å²) in [5.74, 6) is -1.31. The minimum Gasteiger partial charge on any atom is -0.480 e. The fourth-order valence-electron chi connectivity index (χ4n) is 2.04. The van der Waals surface area contributed by atoms with Crippen molar-refractivity contribution in [2.45, 2.75) is 12.5 Å². The lowest BCUT2D eigenvalue weighted by Crippen LogP contribution is -2.32. The van der Waals surface area contributed by atoms with Crippen LogP contribution in [0.25, 0.3) is 10.9 Å². The molecule has 0 bridgehead atoms. The molecule has 0 saturated carbocycles. The maximum absolute atomic E-state index is 11.8. The molecule has 1 heterocycles. The Labute approximate surface area is 109 Å². The number of nitrogens with two attached hydrogens (primary N) is 2. The quantitative estimate of drug-likeness (QED) is 0.727. The van der Waals surface area contributed by atoms with Crippen molar-refractivity contribution in [1.29, 1.82) is 0 Å². The molecule has 0 aliphatic rings. The van der Waals surface area contributed by atoms with Crippen LogP contribution in [0.4, 0.5) is 0 Å². The van der Waals surface area contributed by atoms with Crippen LogP contribution in [0.3, 0.4) is 0 Å². The first-order valence-corrected chi connectivity index (χ1v) is 5.85. The van der Waals surface area contributed by atoms with Gasteiger partial charge in [-0.1, -0.05) is 18.2 Å². The zero-order valence-corrected chi connectivity index (χ0v) is 10.2. The molecule has 1 atom stereocenters. The van der Waals surface area contributed by atoms with Gasteiger partial charge in [-0.05, 0) is 11.6 Å². The van der Waals surface area contributed by atoms with Crippen LogP contribution in [0, 0.1) is 0 Å². The summed E-state index contributed by atoms with van der Waals surface area (Å²) in [4.78, 5) is 22.6. The summed E-state index contributed by atoms with van der Waals surface area (Å²) in [5.41, 5.74) is 12.3. The lowest BCUT2D eigenvalue weighted by molar-refractivity contribution is -0.138. The molecule has 2 rings (SSSR count). The number of hydrogen-bond donors (Lipinski definition) is 3. The second kappa shape index (κ2) is 5.21. The molecular formula is C13H15N3O3. The fourth-order valence-corrected chi connectivity index (χ4v) is 2.04. The maximum Gasteiger partial charge on any atom is 0.320 e. The zero-order valence-electron chi connectivity index (χ0n) is 10.2. The predicted molar refractivity (Wildman–Crippen MR) is 70.9 cm³/mol. The Kier molecular flexibility index (Phi) is 3.64. The molecular weight excluding hydrogens is 246 g/mol. The van der Waals surface area contributed by atoms with E-state index in [2.05, 4.69) is 0 Å². The summed E-state index contributed by atoms with van der Waals surface area (Å²) in [7, 11) is 0. The highest BCUT2D eigenvalue weighted by molar-refractivity contribution is 5.95. The van der Waals surface area contributed by atoms with Gasteiger partial charge in [0.15, 0.2) is 0 Å². The van der Waals surface area contributed by atoms with E-state index in [1.165, 1.54) is 4.57 Å². The van der Waals surface area contributed by atoms with Crippen LogP contribution in [0.1, 0.15) is 10.4 Å². The van der Waals surface area contributed by atoms with E-state index < -0.39 is 12.0 Å². The monoisotopic (exact) mass is 261 g/mol. The van der Waals surface area contributed by atoms with Gasteiger partial charge in [-0.2, -0.15) is 0 Å². The van der Waals surface area contributed by atoms with Crippen LogP contribution >= 0.6 is 0 Å². The smallest absolute Gasteiger partial charge is 0.320 e. The van der Waals surface area contributed by atoms with Gasteiger partial charge in [0.2, 0.25) is 5.91 Å². The Morgan fingerprint density at radius 3 is 2.63 bits per heavy atom. The van der Waals surface area contributed by atoms with Crippen molar-refractivity contribution in [2.24, 2.45) is 11.5 Å². The van der Waals surface area contributed by atoms with Gasteiger partial charge in [-0.3, -0.25) is 14.2 Å². The van der Waals surface area contributed by atoms with E-state index in [-0.39, 0.29) is 18.9 Å². The maximum atomic E-state index is 11.8. The first-order chi connectivity index (χ1) is 9.04. The van der Waals surface area contributed by atoms with Gasteiger partial charge in [-0.15, -0.1) is 0 Å². The molecule has 0 aliphatic carbocycles. The SMILES string of the molecule is NCC(=O)n1cc(C[C@H](N)C(=O)O)c2ccccc21. The second-order valence-electron chi connectivity index (χ2n) is 4.29. The van der Waals surface area contributed by atoms with E-state index >= 15 is 0 Å². The summed E-state index contributed by atoms with van der Waals surface area (Å²) in [5, 5.41) is 9.68. The highest BCUT2D eigenvalue weighted by atomic mass is 16.4. The Balaban J connectivity index is 2.50. The standard InChI is InChI=1S/C13H15N3O3/c14-6-12(17)16-7-8(5-10(15)13(18)19)9-3-1-2-4-11(9)16/h1-4,7,10H,5-6,14-15H2,(H,18,19)/t10-/m0/s1. The molecule has 0 radical (unpaired) electrons. The number of aromatic nitrogens is 1. The van der Waals surface area contributed by atoms with Crippen molar-refractivity contribution >= 4 is 22.8 Å². The predicted octanol–water partition coefficient (Wildman–Crippen LogP) is 0.195. The van der Waals surface area contributed by atoms with Gasteiger partial charge >= 0.3 is 5.97 Å². The molecule has 0 fully saturated rings. The molecule has 1 aromatic heterocycles. The van der Waals surface area contributed by atoms with E-state index in [1.54, 1.807) is 12.3 Å². The largest absolute Gasteiger partial charge is 0.480 e. The number of benzene rings is 1. The van der Waals surface area contributed by atoms with Gasteiger partial charge in [0.25, 0.3) is 0 Å². The van der Waals surface area contributed by atoms with Crippen LogP contribution in [0.5, 0.6) is 0 Å². The Morgan fingerprint density at radius 1 is 1.32 bits per heavy atom. The third-order valence-corrected chi connectivity index (χ3v) is 2.99. The fraction of sp³-hybridized carbons (Fsp3) is 0.231. The first kappa shape index (κ1) is 13.3. The number of fused-ring (bicyclic) bond motifs is 1. The van der Waals surface area contributed by atoms with Crippen molar-refractivity contribution in [3.05, 3.63) is 36.0 Å². The zero-order chi connectivity index (χ0) is 14.0. The molecule has 0 aliphatic heterocycles. The summed E-state index contributed by atoms with van der Waals surface area (Å²) in [6.07, 6.45) is 1.78. The minimum atomic E-state index is -1.07. The molecule has 100 valence electrons. The van der Waals surface area contributed by atoms with Gasteiger partial charge in [-0.25, -0.2) is 0 Å². The van der Waals surface area contributed by atoms with E-state index in [0.29, 0.717) is 5.52 Å². The van der Waals surface area contributed by atoms with Gasteiger partial charge in [0.05, 0.1) is 12.1 Å². The van der Waals surface area contributed by atoms with E-state index in [9.17, 15) is 9.59 Å². The van der Waals surface area contributed by atoms with Gasteiger partial charge in [0.1, 0.15) is 6.04 Å². The van der Waals surface area contributed by atoms with Crippen LogP contribution in [0.15, 0.2) is 30.5 Å². The number of carbonyl (C=O) groups is 2. The highest BCUT2D eigenvalue weighted by Gasteiger charge is 2.17. The molecule has 6 heteroatoms. The van der Waals surface area contributed by atoms with Crippen molar-refractivity contribution in [2.75, 3.05) is 6.54 Å². The van der Waals surface area contributed by atoms with Crippen molar-refractivity contribution < 1.29 is 14.7 Å². The molecule has 6 nitrogen and oxygen atoms in total. The van der Waals surface area contributed by atoms with Crippen LogP contribution in [-0.2, 0) is 11.2 Å². The average Bonchev–Trinajstić information content (AvgIpc) is 2.77. The Bertz CT molecular complexity index is 633. The van der Waals surface area contributed by atoms with Gasteiger partial charge in [0, 0.05) is 18.0 Å². The Hall–Kier alpha value is -2.18. The summed E-state index contributed by atoms with van der Waals surface area (Å²) in [6, 6.07) is 6.27. The highest BCUT2D eigenvalue weighted by Crippen LogP contribution is 2.22. The summed E-state index contributed by atoms with van der Waals surface area (Å²) in [6.45, 7) is -0.108. The van der Waals surface area contributed by atoms with Crippen LogP contribution < -0.4 is 11.5 Å². The number of carbonyl (C=O) groups excluding carboxylic acids is 1. The lowest BCUT2D eigenvalue weighted by Gasteiger charge is -2.04. The second-order valence-corrected chi connectivity index (χ2v) is 4.29. The molecule has 19 heavy (non-hydrogen) atoms. The molecule has 0 spiro atoms. The summed E-state index contributed by atoms with van der Waals surface area (Å²) >= 11 is 0. The molecule has 1 aromatic carbocycles. The van der Waals surface area contributed by atoms with Gasteiger partial charge < -0.3 is 16.6 Å². The molecule has 0 amide bonds. The number of rotatable bonds is 4. The minimum absolute atomic E-state index is 0.108. The van der Waals surface area contributed by atoms with E-state index in [0.717, 1.165) is 10.9 Å². The van der Waals surface area contributed by atoms with Crippen LogP contribution in [0.2, 0.25) is 0 Å². The van der Waals surface area contributed by atoms with Crippen molar-refractivity contribution in [1.82, 2.24) is 4.57 Å². The lowest BCUT2D eigenvalue weighted by atomic mass is 10.1. The van der Waals surface area contributed by atoms with Crippen molar-refractivity contribution in [3.63, 3.8) is 0 Å². The Morgan fingerprint density at radius 2 is 2.00 bits per heavy atom. The number of hydrogen-bond acceptors (Lipinski definition) is 4. The molecule has 0 saturated heterocycles. The number of aliphatic carboxylic acids is 1. The third-order valence-electron chi connectivity index (χ3n) is 2.99. The van der Waals surface area contributed by atoms with E-state index in [4.69, 9.17) is 16.6 Å². The molecule has 2 aromatic rings. The molecule has 0 unspecified atom stereocenters. The number of nitrogens with zero attached hydrogens (tertiary/aromatic N) is 1. The topological polar surface area (TPSA) is 111 Å². The summed E-state index contributed by atoms with van der Waals surface area (Å²) < 4.78 is 1.44. The van der Waals surface area contributed by atoms with Crippen LogP contribution in [-0.4, -0.2) is 34.1 Å². The third kappa shape index (κ3) is 2.49. The molecule has 5 N–H and O–H groups in total. The normalized spacial score (nSPS) is 12.5. The van der Waals surface area contributed by atoms with E-state index in [1.807, 2.05) is 18.2 Å². The number of para-hydroxylation sites is 1. The average molecular weight is 261 g/mol. The first-order valence-electron chi connectivity index (χ1n) is 5.85. The number of carboxylic acids is 1. The van der Waals surface area contributed by atoms with Crippen molar-refractivity contribution in [3.8, 4) is 0 Å². The number of carboxylic acid groups (broad SMARTS) is 1.